The van der Waals surface area contributed by atoms with Crippen LogP contribution in [0, 0.1) is 19.3 Å². The van der Waals surface area contributed by atoms with Crippen molar-refractivity contribution in [1.29, 1.82) is 0 Å². The van der Waals surface area contributed by atoms with E-state index in [1.165, 1.54) is 64.4 Å². The van der Waals surface area contributed by atoms with Crippen LogP contribution >= 0.6 is 0 Å². The van der Waals surface area contributed by atoms with Crippen molar-refractivity contribution < 1.29 is 4.57 Å². The topological polar surface area (TPSA) is 3.88 Å². The lowest BCUT2D eigenvalue weighted by molar-refractivity contribution is -0.659. The van der Waals surface area contributed by atoms with E-state index in [9.17, 15) is 0 Å². The highest BCUT2D eigenvalue weighted by atomic mass is 14.9. The Hall–Kier alpha value is -2.15. The first-order chi connectivity index (χ1) is 12.8. The van der Waals surface area contributed by atoms with E-state index in [1.807, 2.05) is 0 Å². The number of rotatable bonds is 2. The van der Waals surface area contributed by atoms with E-state index >= 15 is 0 Å². The highest BCUT2D eigenvalue weighted by Gasteiger charge is 2.28. The van der Waals surface area contributed by atoms with Crippen molar-refractivity contribution in [3.8, 4) is 11.3 Å². The van der Waals surface area contributed by atoms with Gasteiger partial charge in [0.05, 0.1) is 5.39 Å². The predicted octanol–water partition coefficient (Wildman–Crippen LogP) is 6.63. The minimum absolute atomic E-state index is 0.525. The molecule has 1 aromatic heterocycles. The van der Waals surface area contributed by atoms with E-state index in [2.05, 4.69) is 88.0 Å². The van der Waals surface area contributed by atoms with Gasteiger partial charge < -0.3 is 0 Å². The Balaban J connectivity index is 1.79. The smallest absolute Gasteiger partial charge is 0.200 e. The number of pyridine rings is 1. The fourth-order valence-corrected chi connectivity index (χ4v) is 4.70. The molecule has 27 heavy (non-hydrogen) atoms. The molecule has 0 unspecified atom stereocenters. The Morgan fingerprint density at radius 2 is 1.67 bits per heavy atom. The van der Waals surface area contributed by atoms with Crippen LogP contribution in [0.15, 0.2) is 48.7 Å². The third-order valence-electron chi connectivity index (χ3n) is 6.62. The molecule has 0 aliphatic heterocycles. The summed E-state index contributed by atoms with van der Waals surface area (Å²) in [4.78, 5) is 0. The number of hydrogen-bond donors (Lipinski definition) is 0. The average molecular weight is 359 g/mol. The molecular formula is C26H32N+. The first kappa shape index (κ1) is 18.2. The Kier molecular flexibility index (Phi) is 4.58. The van der Waals surface area contributed by atoms with Gasteiger partial charge in [-0.05, 0) is 79.5 Å². The predicted molar refractivity (Wildman–Crippen MR) is 115 cm³/mol. The van der Waals surface area contributed by atoms with Crippen molar-refractivity contribution in [1.82, 2.24) is 0 Å². The summed E-state index contributed by atoms with van der Waals surface area (Å²) in [7, 11) is 2.16. The lowest BCUT2D eigenvalue weighted by Crippen LogP contribution is -2.30. The monoisotopic (exact) mass is 358 g/mol. The molecule has 0 radical (unpaired) electrons. The van der Waals surface area contributed by atoms with E-state index < -0.39 is 0 Å². The molecule has 1 saturated carbocycles. The second kappa shape index (κ2) is 6.78. The molecule has 1 aliphatic carbocycles. The number of aromatic nitrogens is 1. The fourth-order valence-electron chi connectivity index (χ4n) is 4.70. The number of aryl methyl sites for hydroxylation is 3. The zero-order valence-corrected chi connectivity index (χ0v) is 17.5. The Labute approximate surface area is 164 Å². The minimum atomic E-state index is 0.525. The standard InChI is InChI=1S/C26H32N/c1-18-6-7-19(2)24(16-18)25-23-9-8-21(17-22(23)12-15-27(25)5)20-10-13-26(3,4)14-11-20/h6-9,12,15-17,20H,10-11,13-14H2,1-5H3/q+1. The molecule has 0 amide bonds. The maximum atomic E-state index is 2.45. The molecule has 1 nitrogen and oxygen atoms in total. The molecule has 0 saturated heterocycles. The van der Waals surface area contributed by atoms with Crippen molar-refractivity contribution in [2.45, 2.75) is 59.3 Å². The maximum Gasteiger partial charge on any atom is 0.220 e. The van der Waals surface area contributed by atoms with Gasteiger partial charge in [-0.25, -0.2) is 4.57 Å². The molecule has 1 heterocycles. The highest BCUT2D eigenvalue weighted by Crippen LogP contribution is 2.43. The minimum Gasteiger partial charge on any atom is -0.200 e. The Morgan fingerprint density at radius 3 is 2.41 bits per heavy atom. The average Bonchev–Trinajstić information content (AvgIpc) is 2.64. The summed E-state index contributed by atoms with van der Waals surface area (Å²) in [5, 5.41) is 2.72. The first-order valence-electron chi connectivity index (χ1n) is 10.3. The molecule has 140 valence electrons. The normalized spacial score (nSPS) is 17.4. The van der Waals surface area contributed by atoms with Crippen LogP contribution in [0.5, 0.6) is 0 Å². The van der Waals surface area contributed by atoms with Crippen molar-refractivity contribution in [3.63, 3.8) is 0 Å². The Morgan fingerprint density at radius 1 is 0.926 bits per heavy atom. The lowest BCUT2D eigenvalue weighted by Gasteiger charge is -2.34. The van der Waals surface area contributed by atoms with E-state index in [1.54, 1.807) is 0 Å². The van der Waals surface area contributed by atoms with Gasteiger partial charge in [0.15, 0.2) is 6.20 Å². The van der Waals surface area contributed by atoms with Crippen molar-refractivity contribution in [2.24, 2.45) is 12.5 Å². The van der Waals surface area contributed by atoms with Gasteiger partial charge >= 0.3 is 0 Å². The molecule has 0 spiro atoms. The van der Waals surface area contributed by atoms with Gasteiger partial charge in [-0.1, -0.05) is 43.7 Å². The highest BCUT2D eigenvalue weighted by molar-refractivity contribution is 5.94. The molecule has 1 heteroatoms. The summed E-state index contributed by atoms with van der Waals surface area (Å²) in [6.07, 6.45) is 7.54. The molecular weight excluding hydrogens is 326 g/mol. The van der Waals surface area contributed by atoms with Gasteiger partial charge in [0.25, 0.3) is 0 Å². The van der Waals surface area contributed by atoms with Crippen molar-refractivity contribution in [3.05, 3.63) is 65.4 Å². The lowest BCUT2D eigenvalue weighted by atomic mass is 9.71. The summed E-state index contributed by atoms with van der Waals surface area (Å²) in [5.41, 5.74) is 7.37. The van der Waals surface area contributed by atoms with Crippen LogP contribution < -0.4 is 4.57 Å². The van der Waals surface area contributed by atoms with Gasteiger partial charge in [-0.15, -0.1) is 0 Å². The summed E-state index contributed by atoms with van der Waals surface area (Å²) in [6.45, 7) is 9.22. The van der Waals surface area contributed by atoms with Crippen LogP contribution in [-0.4, -0.2) is 0 Å². The van der Waals surface area contributed by atoms with Gasteiger partial charge in [-0.2, -0.15) is 0 Å². The number of hydrogen-bond acceptors (Lipinski definition) is 0. The zero-order valence-electron chi connectivity index (χ0n) is 17.5. The quantitative estimate of drug-likeness (QED) is 0.453. The molecule has 3 aromatic rings. The first-order valence-corrected chi connectivity index (χ1v) is 10.3. The maximum absolute atomic E-state index is 2.45. The number of nitrogens with zero attached hydrogens (tertiary/aromatic N) is 1. The number of fused-ring (bicyclic) bond motifs is 1. The van der Waals surface area contributed by atoms with Crippen LogP contribution in [0.25, 0.3) is 22.0 Å². The summed E-state index contributed by atoms with van der Waals surface area (Å²) in [6, 6.07) is 16.2. The molecule has 1 aliphatic rings. The van der Waals surface area contributed by atoms with Gasteiger partial charge in [-0.3, -0.25) is 0 Å². The molecule has 0 bridgehead atoms. The van der Waals surface area contributed by atoms with Gasteiger partial charge in [0.2, 0.25) is 5.69 Å². The van der Waals surface area contributed by atoms with Crippen molar-refractivity contribution in [2.75, 3.05) is 0 Å². The molecule has 0 atom stereocenters. The van der Waals surface area contributed by atoms with Crippen molar-refractivity contribution >= 4 is 10.8 Å². The molecule has 1 fully saturated rings. The summed E-state index contributed by atoms with van der Waals surface area (Å²) < 4.78 is 2.27. The van der Waals surface area contributed by atoms with Crippen LogP contribution in [-0.2, 0) is 7.05 Å². The van der Waals surface area contributed by atoms with Crippen LogP contribution in [0.2, 0.25) is 0 Å². The largest absolute Gasteiger partial charge is 0.220 e. The fraction of sp³-hybridized carbons (Fsp3) is 0.423. The molecule has 2 aromatic carbocycles. The van der Waals surface area contributed by atoms with E-state index in [0.717, 1.165) is 5.92 Å². The Bertz CT molecular complexity index is 987. The van der Waals surface area contributed by atoms with E-state index in [0.29, 0.717) is 5.41 Å². The second-order valence-electron chi connectivity index (χ2n) is 9.38. The summed E-state index contributed by atoms with van der Waals surface area (Å²) in [5.74, 6) is 0.723. The van der Waals surface area contributed by atoms with Gasteiger partial charge in [0, 0.05) is 11.6 Å². The molecule has 4 rings (SSSR count). The van der Waals surface area contributed by atoms with E-state index in [4.69, 9.17) is 0 Å². The third-order valence-corrected chi connectivity index (χ3v) is 6.62. The SMILES string of the molecule is Cc1ccc(C)c(-c2c3ccc(C4CCC(C)(C)CC4)cc3cc[n+]2C)c1. The van der Waals surface area contributed by atoms with Crippen LogP contribution in [0.3, 0.4) is 0 Å². The van der Waals surface area contributed by atoms with Crippen LogP contribution in [0.4, 0.5) is 0 Å². The van der Waals surface area contributed by atoms with Gasteiger partial charge in [0.1, 0.15) is 7.05 Å². The third kappa shape index (κ3) is 3.52. The second-order valence-corrected chi connectivity index (χ2v) is 9.38. The zero-order chi connectivity index (χ0) is 19.2. The number of benzene rings is 2. The van der Waals surface area contributed by atoms with E-state index in [-0.39, 0.29) is 0 Å². The summed E-state index contributed by atoms with van der Waals surface area (Å²) >= 11 is 0. The van der Waals surface area contributed by atoms with Crippen LogP contribution in [0.1, 0.15) is 62.1 Å². The molecule has 0 N–H and O–H groups in total.